The first kappa shape index (κ1) is 11.7. The molecule has 0 saturated carbocycles. The summed E-state index contributed by atoms with van der Waals surface area (Å²) in [4.78, 5) is 10.1. The fourth-order valence-corrected chi connectivity index (χ4v) is 3.99. The Morgan fingerprint density at radius 3 is 2.08 bits per heavy atom. The Balaban J connectivity index is 3.96. The van der Waals surface area contributed by atoms with Crippen LogP contribution in [0.2, 0.25) is 18.1 Å². The zero-order valence-corrected chi connectivity index (χ0v) is 9.05. The fraction of sp³-hybridized carbons (Fsp3) is 0.600. The molecule has 1 N–H and O–H groups in total. The van der Waals surface area contributed by atoms with E-state index in [9.17, 15) is 4.80 Å². The van der Waals surface area contributed by atoms with E-state index in [4.69, 9.17) is 0 Å². The van der Waals surface area contributed by atoms with Gasteiger partial charge in [0.05, 0.1) is 0 Å². The summed E-state index contributed by atoms with van der Waals surface area (Å²) in [5.41, 5.74) is 0. The van der Waals surface area contributed by atoms with Crippen molar-refractivity contribution in [3.05, 3.63) is 25.3 Å². The van der Waals surface area contributed by atoms with E-state index in [0.717, 1.165) is 31.0 Å². The maximum absolute atomic E-state index is 10.1. The molecule has 0 radical (unpaired) electrons. The summed E-state index contributed by atoms with van der Waals surface area (Å²) in [5, 5.41) is 0. The molecule has 0 unspecified atom stereocenters. The molecule has 70 valence electrons. The smallest absolute Gasteiger partial charge is 0.195 e. The maximum atomic E-state index is 10.1. The number of hydrogen-bond acceptors (Lipinski definition) is 1. The molecule has 0 spiro atoms. The first-order chi connectivity index (χ1) is 5.68. The van der Waals surface area contributed by atoms with Gasteiger partial charge in [-0.1, -0.05) is 31.9 Å². The Hall–Kier alpha value is -0.343. The topological polar surface area (TPSA) is 20.2 Å². The third kappa shape index (κ3) is 4.52. The van der Waals surface area contributed by atoms with Crippen LogP contribution < -0.4 is 0 Å². The average Bonchev–Trinajstić information content (AvgIpc) is 2.02. The second-order valence-corrected chi connectivity index (χ2v) is 7.08. The van der Waals surface area contributed by atoms with Crippen molar-refractivity contribution in [2.75, 3.05) is 0 Å². The van der Waals surface area contributed by atoms with E-state index in [-0.39, 0.29) is 0 Å². The van der Waals surface area contributed by atoms with Crippen molar-refractivity contribution in [1.82, 2.24) is 0 Å². The fourth-order valence-electron chi connectivity index (χ4n) is 1.33. The Kier molecular flexibility index (Phi) is 6.03. The van der Waals surface area contributed by atoms with Crippen LogP contribution in [0.1, 0.15) is 19.8 Å². The lowest BCUT2D eigenvalue weighted by Gasteiger charge is -2.21. The summed E-state index contributed by atoms with van der Waals surface area (Å²) in [6.45, 7) is 9.50. The van der Waals surface area contributed by atoms with Gasteiger partial charge in [0.2, 0.25) is 0 Å². The van der Waals surface area contributed by atoms with E-state index in [1.165, 1.54) is 0 Å². The van der Waals surface area contributed by atoms with Crippen molar-refractivity contribution in [2.45, 2.75) is 37.9 Å². The minimum atomic E-state index is -2.01. The van der Waals surface area contributed by atoms with Crippen LogP contribution in [-0.4, -0.2) is 13.1 Å². The van der Waals surface area contributed by atoms with Crippen molar-refractivity contribution in [3.63, 3.8) is 0 Å². The highest BCUT2D eigenvalue weighted by atomic mass is 28.4. The Labute approximate surface area is 76.9 Å². The molecular weight excluding hydrogens is 164 g/mol. The summed E-state index contributed by atoms with van der Waals surface area (Å²) >= 11 is 0. The van der Waals surface area contributed by atoms with Gasteiger partial charge >= 0.3 is 0 Å². The Bertz CT molecular complexity index is 133. The summed E-state index contributed by atoms with van der Waals surface area (Å²) in [5.74, 6) is 0. The van der Waals surface area contributed by atoms with Gasteiger partial charge in [0.1, 0.15) is 0 Å². The monoisotopic (exact) mass is 184 g/mol. The molecule has 0 bridgehead atoms. The Morgan fingerprint density at radius 2 is 1.75 bits per heavy atom. The van der Waals surface area contributed by atoms with Gasteiger partial charge in [-0.25, -0.2) is 0 Å². The first-order valence-corrected chi connectivity index (χ1v) is 7.19. The van der Waals surface area contributed by atoms with Crippen molar-refractivity contribution in [1.29, 1.82) is 0 Å². The highest BCUT2D eigenvalue weighted by Crippen LogP contribution is 2.21. The van der Waals surface area contributed by atoms with Gasteiger partial charge in [0.15, 0.2) is 8.32 Å². The number of rotatable bonds is 7. The molecule has 0 atom stereocenters. The minimum absolute atomic E-state index is 0.805. The van der Waals surface area contributed by atoms with Crippen LogP contribution in [0.4, 0.5) is 0 Å². The van der Waals surface area contributed by atoms with Gasteiger partial charge in [-0.3, -0.25) is 0 Å². The van der Waals surface area contributed by atoms with E-state index in [0.29, 0.717) is 0 Å². The summed E-state index contributed by atoms with van der Waals surface area (Å²) < 4.78 is 0. The SMILES string of the molecule is C=CC[Si](O)(CC=C)CCCC. The molecule has 0 fully saturated rings. The van der Waals surface area contributed by atoms with Crippen LogP contribution in [0.25, 0.3) is 0 Å². The molecule has 0 heterocycles. The molecule has 2 heteroatoms. The molecule has 0 aliphatic rings. The van der Waals surface area contributed by atoms with Crippen molar-refractivity contribution >= 4 is 8.32 Å². The molecule has 12 heavy (non-hydrogen) atoms. The van der Waals surface area contributed by atoms with Crippen molar-refractivity contribution < 1.29 is 4.80 Å². The van der Waals surface area contributed by atoms with Crippen LogP contribution >= 0.6 is 0 Å². The van der Waals surface area contributed by atoms with Crippen LogP contribution in [-0.2, 0) is 0 Å². The van der Waals surface area contributed by atoms with Gasteiger partial charge < -0.3 is 4.80 Å². The molecule has 0 aliphatic heterocycles. The molecular formula is C10H20OSi. The third-order valence-corrected chi connectivity index (χ3v) is 5.43. The number of allylic oxidation sites excluding steroid dienone is 2. The summed E-state index contributed by atoms with van der Waals surface area (Å²) in [7, 11) is -2.01. The lowest BCUT2D eigenvalue weighted by molar-refractivity contribution is 0.530. The second kappa shape index (κ2) is 6.20. The quantitative estimate of drug-likeness (QED) is 0.476. The molecule has 0 aromatic rings. The van der Waals surface area contributed by atoms with Gasteiger partial charge in [0, 0.05) is 0 Å². The van der Waals surface area contributed by atoms with E-state index >= 15 is 0 Å². The van der Waals surface area contributed by atoms with E-state index in [2.05, 4.69) is 20.1 Å². The zero-order chi connectivity index (χ0) is 9.45. The molecule has 0 aliphatic carbocycles. The largest absolute Gasteiger partial charge is 0.431 e. The lowest BCUT2D eigenvalue weighted by Crippen LogP contribution is -2.32. The molecule has 0 saturated heterocycles. The predicted molar refractivity (Wildman–Crippen MR) is 57.7 cm³/mol. The summed E-state index contributed by atoms with van der Waals surface area (Å²) in [6, 6.07) is 2.60. The molecule has 0 aromatic heterocycles. The van der Waals surface area contributed by atoms with Crippen LogP contribution in [0.3, 0.4) is 0 Å². The van der Waals surface area contributed by atoms with Crippen molar-refractivity contribution in [2.24, 2.45) is 0 Å². The molecule has 1 nitrogen and oxygen atoms in total. The van der Waals surface area contributed by atoms with Gasteiger partial charge in [-0.2, -0.15) is 0 Å². The van der Waals surface area contributed by atoms with E-state index < -0.39 is 8.32 Å². The lowest BCUT2D eigenvalue weighted by atomic mass is 10.4. The average molecular weight is 184 g/mol. The van der Waals surface area contributed by atoms with Gasteiger partial charge in [-0.15, -0.1) is 13.2 Å². The molecule has 0 aromatic carbocycles. The molecule has 0 rings (SSSR count). The predicted octanol–water partition coefficient (Wildman–Crippen LogP) is 3.10. The van der Waals surface area contributed by atoms with Crippen LogP contribution in [0, 0.1) is 0 Å². The highest BCUT2D eigenvalue weighted by molar-refractivity contribution is 6.73. The van der Waals surface area contributed by atoms with Crippen LogP contribution in [0.15, 0.2) is 25.3 Å². The normalized spacial score (nSPS) is 11.2. The van der Waals surface area contributed by atoms with Gasteiger partial charge in [-0.05, 0) is 18.1 Å². The van der Waals surface area contributed by atoms with Gasteiger partial charge in [0.25, 0.3) is 0 Å². The van der Waals surface area contributed by atoms with Crippen LogP contribution in [0.5, 0.6) is 0 Å². The number of hydrogen-bond donors (Lipinski definition) is 1. The maximum Gasteiger partial charge on any atom is 0.195 e. The zero-order valence-electron chi connectivity index (χ0n) is 8.05. The van der Waals surface area contributed by atoms with E-state index in [1.807, 2.05) is 12.2 Å². The van der Waals surface area contributed by atoms with E-state index in [1.54, 1.807) is 0 Å². The highest BCUT2D eigenvalue weighted by Gasteiger charge is 2.26. The number of unbranched alkanes of at least 4 members (excludes halogenated alkanes) is 1. The Morgan fingerprint density at radius 1 is 1.25 bits per heavy atom. The first-order valence-electron chi connectivity index (χ1n) is 4.62. The van der Waals surface area contributed by atoms with Crippen molar-refractivity contribution in [3.8, 4) is 0 Å². The third-order valence-electron chi connectivity index (χ3n) is 2.04. The molecule has 0 amide bonds. The summed E-state index contributed by atoms with van der Waals surface area (Å²) in [6.07, 6.45) is 5.96. The second-order valence-electron chi connectivity index (χ2n) is 3.31. The minimum Gasteiger partial charge on any atom is -0.431 e. The standard InChI is InChI=1S/C10H20OSi/c1-4-7-10-12(11,8-5-2)9-6-3/h5-6,11H,2-4,7-10H2,1H3.